The monoisotopic (exact) mass is 352 g/mol. The van der Waals surface area contributed by atoms with Gasteiger partial charge in [-0.25, -0.2) is 0 Å². The van der Waals surface area contributed by atoms with Gasteiger partial charge in [0.2, 0.25) is 11.8 Å². The number of carbonyl (C=O) groups excluding carboxylic acids is 1. The molecule has 0 saturated carbocycles. The number of carboxylic acid groups (broad SMARTS) is 1. The molecule has 1 aromatic rings. The Balaban J connectivity index is 2.73. The molecule has 2 N–H and O–H groups in total. The molecule has 21 heavy (non-hydrogen) atoms. The topological polar surface area (TPSA) is 88.5 Å². The van der Waals surface area contributed by atoms with Crippen molar-refractivity contribution in [3.05, 3.63) is 16.1 Å². The molecule has 1 amide bonds. The van der Waals surface area contributed by atoms with Crippen molar-refractivity contribution in [3.8, 4) is 5.88 Å². The van der Waals surface area contributed by atoms with Crippen molar-refractivity contribution in [2.45, 2.75) is 20.0 Å². The summed E-state index contributed by atoms with van der Waals surface area (Å²) >= 11 is 12.9. The molecular weight excluding hydrogens is 339 g/mol. The number of anilines is 1. The fourth-order valence-electron chi connectivity index (χ4n) is 1.24. The Kier molecular flexibility index (Phi) is 7.07. The van der Waals surface area contributed by atoms with E-state index in [1.165, 1.54) is 6.07 Å². The van der Waals surface area contributed by atoms with Crippen molar-refractivity contribution in [1.29, 1.82) is 0 Å². The third-order valence-corrected chi connectivity index (χ3v) is 3.44. The van der Waals surface area contributed by atoms with Crippen molar-refractivity contribution in [2.75, 3.05) is 16.8 Å². The third-order valence-electron chi connectivity index (χ3n) is 1.96. The standard InChI is InChI=1S/C12H14Cl2N2O4S/c1-6(2)20-12-8(14)3-7(13)11(16-12)15-9(17)4-21-5-10(18)19/h3,6H,4-5H2,1-2H3,(H,18,19)(H,15,16,17). The maximum absolute atomic E-state index is 11.7. The van der Waals surface area contributed by atoms with E-state index < -0.39 is 11.9 Å². The first-order valence-corrected chi connectivity index (χ1v) is 7.82. The van der Waals surface area contributed by atoms with Crippen LogP contribution in [0.4, 0.5) is 5.82 Å². The van der Waals surface area contributed by atoms with Gasteiger partial charge in [0, 0.05) is 0 Å². The van der Waals surface area contributed by atoms with Gasteiger partial charge in [-0.05, 0) is 19.9 Å². The van der Waals surface area contributed by atoms with E-state index in [1.807, 2.05) is 13.8 Å². The summed E-state index contributed by atoms with van der Waals surface area (Å²) in [6.07, 6.45) is -0.133. The highest BCUT2D eigenvalue weighted by Crippen LogP contribution is 2.31. The van der Waals surface area contributed by atoms with E-state index in [2.05, 4.69) is 10.3 Å². The SMILES string of the molecule is CC(C)Oc1nc(NC(=O)CSCC(=O)O)c(Cl)cc1Cl. The van der Waals surface area contributed by atoms with E-state index in [1.54, 1.807) is 0 Å². The number of halogens is 2. The normalized spacial score (nSPS) is 10.5. The Bertz CT molecular complexity index is 540. The molecule has 0 saturated heterocycles. The molecule has 0 fully saturated rings. The summed E-state index contributed by atoms with van der Waals surface area (Å²) in [5.74, 6) is -1.27. The maximum Gasteiger partial charge on any atom is 0.313 e. The number of carboxylic acids is 1. The highest BCUT2D eigenvalue weighted by atomic mass is 35.5. The second kappa shape index (κ2) is 8.31. The minimum absolute atomic E-state index is 0.0205. The third kappa shape index (κ3) is 6.41. The summed E-state index contributed by atoms with van der Waals surface area (Å²) in [5, 5.41) is 11.4. The summed E-state index contributed by atoms with van der Waals surface area (Å²) in [4.78, 5) is 26.1. The lowest BCUT2D eigenvalue weighted by molar-refractivity contribution is -0.133. The molecule has 1 rings (SSSR count). The van der Waals surface area contributed by atoms with Crippen molar-refractivity contribution in [3.63, 3.8) is 0 Å². The number of nitrogens with one attached hydrogen (secondary N) is 1. The molecule has 6 nitrogen and oxygen atoms in total. The summed E-state index contributed by atoms with van der Waals surface area (Å²) in [5.41, 5.74) is 0. The number of ether oxygens (including phenoxy) is 1. The van der Waals surface area contributed by atoms with Gasteiger partial charge in [0.05, 0.1) is 22.6 Å². The molecule has 0 bridgehead atoms. The minimum Gasteiger partial charge on any atom is -0.481 e. The van der Waals surface area contributed by atoms with Crippen molar-refractivity contribution >= 4 is 52.7 Å². The number of carbonyl (C=O) groups is 2. The van der Waals surface area contributed by atoms with Gasteiger partial charge in [-0.15, -0.1) is 11.8 Å². The fourth-order valence-corrected chi connectivity index (χ4v) is 2.23. The zero-order valence-electron chi connectivity index (χ0n) is 11.4. The second-order valence-corrected chi connectivity index (χ2v) is 6.01. The molecule has 0 atom stereocenters. The zero-order valence-corrected chi connectivity index (χ0v) is 13.7. The van der Waals surface area contributed by atoms with Crippen LogP contribution in [0, 0.1) is 0 Å². The molecule has 0 aromatic carbocycles. The number of aromatic nitrogens is 1. The molecule has 0 aliphatic rings. The lowest BCUT2D eigenvalue weighted by Crippen LogP contribution is -2.17. The van der Waals surface area contributed by atoms with Gasteiger partial charge in [-0.3, -0.25) is 9.59 Å². The Morgan fingerprint density at radius 1 is 1.38 bits per heavy atom. The number of nitrogens with zero attached hydrogens (tertiary/aromatic N) is 1. The van der Waals surface area contributed by atoms with Crippen LogP contribution in [-0.2, 0) is 9.59 Å². The number of thioether (sulfide) groups is 1. The first kappa shape index (κ1) is 17.9. The molecule has 116 valence electrons. The Hall–Kier alpha value is -1.18. The Morgan fingerprint density at radius 3 is 2.62 bits per heavy atom. The van der Waals surface area contributed by atoms with Gasteiger partial charge >= 0.3 is 5.97 Å². The number of hydrogen-bond acceptors (Lipinski definition) is 5. The summed E-state index contributed by atoms with van der Waals surface area (Å²) < 4.78 is 5.40. The molecule has 9 heteroatoms. The van der Waals surface area contributed by atoms with E-state index in [-0.39, 0.29) is 39.4 Å². The first-order chi connectivity index (χ1) is 9.79. The molecule has 0 unspecified atom stereocenters. The van der Waals surface area contributed by atoms with E-state index in [0.29, 0.717) is 0 Å². The van der Waals surface area contributed by atoms with Gasteiger partial charge in [-0.1, -0.05) is 23.2 Å². The molecule has 0 aliphatic heterocycles. The number of aliphatic carboxylic acids is 1. The Labute approximate surface area is 136 Å². The minimum atomic E-state index is -0.983. The van der Waals surface area contributed by atoms with Crippen LogP contribution < -0.4 is 10.1 Å². The lowest BCUT2D eigenvalue weighted by Gasteiger charge is -2.13. The average molecular weight is 353 g/mol. The maximum atomic E-state index is 11.7. The predicted octanol–water partition coefficient (Wildman–Crippen LogP) is 2.93. The molecule has 0 spiro atoms. The van der Waals surface area contributed by atoms with Crippen LogP contribution in [0.1, 0.15) is 13.8 Å². The first-order valence-electron chi connectivity index (χ1n) is 5.91. The fraction of sp³-hybridized carbons (Fsp3) is 0.417. The van der Waals surface area contributed by atoms with Gasteiger partial charge in [0.15, 0.2) is 5.82 Å². The van der Waals surface area contributed by atoms with Crippen LogP contribution >= 0.6 is 35.0 Å². The molecular formula is C12H14Cl2N2O4S. The van der Waals surface area contributed by atoms with E-state index in [9.17, 15) is 9.59 Å². The lowest BCUT2D eigenvalue weighted by atomic mass is 10.4. The van der Waals surface area contributed by atoms with E-state index in [4.69, 9.17) is 33.0 Å². The van der Waals surface area contributed by atoms with Crippen molar-refractivity contribution in [2.24, 2.45) is 0 Å². The van der Waals surface area contributed by atoms with Crippen LogP contribution in [0.25, 0.3) is 0 Å². The summed E-state index contributed by atoms with van der Waals surface area (Å²) in [6.45, 7) is 3.63. The quantitative estimate of drug-likeness (QED) is 0.784. The highest BCUT2D eigenvalue weighted by Gasteiger charge is 2.14. The van der Waals surface area contributed by atoms with Crippen LogP contribution in [0.2, 0.25) is 10.0 Å². The van der Waals surface area contributed by atoms with Crippen molar-refractivity contribution < 1.29 is 19.4 Å². The molecule has 0 aliphatic carbocycles. The van der Waals surface area contributed by atoms with Crippen LogP contribution in [0.15, 0.2) is 6.07 Å². The van der Waals surface area contributed by atoms with Crippen LogP contribution in [0.5, 0.6) is 5.88 Å². The van der Waals surface area contributed by atoms with Crippen LogP contribution in [0.3, 0.4) is 0 Å². The summed E-state index contributed by atoms with van der Waals surface area (Å²) in [7, 11) is 0. The number of amides is 1. The zero-order chi connectivity index (χ0) is 16.0. The van der Waals surface area contributed by atoms with Gasteiger partial charge < -0.3 is 15.2 Å². The molecule has 1 aromatic heterocycles. The number of rotatable bonds is 7. The smallest absolute Gasteiger partial charge is 0.313 e. The molecule has 0 radical (unpaired) electrons. The largest absolute Gasteiger partial charge is 0.481 e. The second-order valence-electron chi connectivity index (χ2n) is 4.21. The number of pyridine rings is 1. The van der Waals surface area contributed by atoms with E-state index in [0.717, 1.165) is 11.8 Å². The average Bonchev–Trinajstić information content (AvgIpc) is 2.34. The van der Waals surface area contributed by atoms with Gasteiger partial charge in [0.1, 0.15) is 5.02 Å². The summed E-state index contributed by atoms with van der Waals surface area (Å²) in [6, 6.07) is 1.42. The van der Waals surface area contributed by atoms with Gasteiger partial charge in [-0.2, -0.15) is 4.98 Å². The van der Waals surface area contributed by atoms with E-state index >= 15 is 0 Å². The predicted molar refractivity (Wildman–Crippen MR) is 83.6 cm³/mol. The Morgan fingerprint density at radius 2 is 2.05 bits per heavy atom. The highest BCUT2D eigenvalue weighted by molar-refractivity contribution is 8.00. The van der Waals surface area contributed by atoms with Crippen LogP contribution in [-0.4, -0.2) is 39.6 Å². The number of hydrogen-bond donors (Lipinski definition) is 2. The van der Waals surface area contributed by atoms with Gasteiger partial charge in [0.25, 0.3) is 0 Å². The molecule has 1 heterocycles. The van der Waals surface area contributed by atoms with Crippen molar-refractivity contribution in [1.82, 2.24) is 4.98 Å².